The van der Waals surface area contributed by atoms with Crippen molar-refractivity contribution in [1.82, 2.24) is 4.57 Å². The molecule has 7 heteroatoms. The zero-order valence-corrected chi connectivity index (χ0v) is 9.44. The van der Waals surface area contributed by atoms with Crippen molar-refractivity contribution in [3.05, 3.63) is 33.2 Å². The van der Waals surface area contributed by atoms with E-state index in [-0.39, 0.29) is 10.5 Å². The van der Waals surface area contributed by atoms with Gasteiger partial charge in [-0.2, -0.15) is 5.26 Å². The van der Waals surface area contributed by atoms with Crippen LogP contribution >= 0.6 is 12.2 Å². The highest BCUT2D eigenvalue weighted by Crippen LogP contribution is 2.23. The lowest BCUT2D eigenvalue weighted by Crippen LogP contribution is -1.96. The Morgan fingerprint density at radius 1 is 1.59 bits per heavy atom. The molecule has 0 aliphatic heterocycles. The van der Waals surface area contributed by atoms with Crippen LogP contribution in [0.3, 0.4) is 0 Å². The van der Waals surface area contributed by atoms with Gasteiger partial charge in [0, 0.05) is 12.6 Å². The SMILES string of the molecule is N#CCCn1c(=S)oc2cc([N+](=O)[O-])ccc21. The Labute approximate surface area is 101 Å². The number of fused-ring (bicyclic) bond motifs is 1. The van der Waals surface area contributed by atoms with Crippen molar-refractivity contribution < 1.29 is 9.34 Å². The number of oxazole rings is 1. The van der Waals surface area contributed by atoms with Crippen molar-refractivity contribution in [3.8, 4) is 6.07 Å². The fourth-order valence-electron chi connectivity index (χ4n) is 1.54. The fraction of sp³-hybridized carbons (Fsp3) is 0.200. The molecule has 0 saturated heterocycles. The van der Waals surface area contributed by atoms with Crippen LogP contribution in [0.4, 0.5) is 5.69 Å². The molecule has 0 aliphatic carbocycles. The number of aromatic nitrogens is 1. The van der Waals surface area contributed by atoms with Gasteiger partial charge in [0.1, 0.15) is 0 Å². The second kappa shape index (κ2) is 4.35. The van der Waals surface area contributed by atoms with E-state index in [0.29, 0.717) is 24.1 Å². The molecule has 0 bridgehead atoms. The molecule has 0 saturated carbocycles. The van der Waals surface area contributed by atoms with Gasteiger partial charge in [0.15, 0.2) is 5.58 Å². The van der Waals surface area contributed by atoms with Crippen molar-refractivity contribution in [2.45, 2.75) is 13.0 Å². The summed E-state index contributed by atoms with van der Waals surface area (Å²) in [4.78, 5) is 10.3. The molecule has 0 N–H and O–H groups in total. The zero-order chi connectivity index (χ0) is 12.4. The van der Waals surface area contributed by atoms with E-state index >= 15 is 0 Å². The molecule has 86 valence electrons. The summed E-state index contributed by atoms with van der Waals surface area (Å²) >= 11 is 4.99. The fourth-order valence-corrected chi connectivity index (χ4v) is 1.82. The van der Waals surface area contributed by atoms with E-state index in [2.05, 4.69) is 0 Å². The first-order chi connectivity index (χ1) is 8.13. The van der Waals surface area contributed by atoms with Gasteiger partial charge in [0.2, 0.25) is 0 Å². The van der Waals surface area contributed by atoms with Crippen LogP contribution in [0.2, 0.25) is 0 Å². The summed E-state index contributed by atoms with van der Waals surface area (Å²) in [6.45, 7) is 0.417. The minimum Gasteiger partial charge on any atom is -0.429 e. The maximum atomic E-state index is 10.6. The Kier molecular flexibility index (Phi) is 2.89. The monoisotopic (exact) mass is 249 g/mol. The van der Waals surface area contributed by atoms with Crippen molar-refractivity contribution in [3.63, 3.8) is 0 Å². The molecule has 0 amide bonds. The molecule has 2 aromatic rings. The Balaban J connectivity index is 2.57. The van der Waals surface area contributed by atoms with Crippen LogP contribution in [0.25, 0.3) is 11.1 Å². The summed E-state index contributed by atoms with van der Waals surface area (Å²) < 4.78 is 6.90. The van der Waals surface area contributed by atoms with Gasteiger partial charge in [-0.1, -0.05) is 0 Å². The molecule has 0 atom stereocenters. The lowest BCUT2D eigenvalue weighted by molar-refractivity contribution is -0.384. The second-order valence-electron chi connectivity index (χ2n) is 3.34. The number of nitro groups is 1. The van der Waals surface area contributed by atoms with Crippen molar-refractivity contribution >= 4 is 29.0 Å². The predicted octanol–water partition coefficient (Wildman–Crippen LogP) is 2.79. The van der Waals surface area contributed by atoms with Crippen LogP contribution in [-0.2, 0) is 6.54 Å². The predicted molar refractivity (Wildman–Crippen MR) is 61.9 cm³/mol. The van der Waals surface area contributed by atoms with Crippen LogP contribution in [0.5, 0.6) is 0 Å². The van der Waals surface area contributed by atoms with E-state index in [4.69, 9.17) is 21.9 Å². The number of hydrogen-bond acceptors (Lipinski definition) is 5. The quantitative estimate of drug-likeness (QED) is 0.474. The van der Waals surface area contributed by atoms with Crippen molar-refractivity contribution in [1.29, 1.82) is 5.26 Å². The van der Waals surface area contributed by atoms with Gasteiger partial charge < -0.3 is 4.42 Å². The van der Waals surface area contributed by atoms with E-state index in [1.807, 2.05) is 6.07 Å². The van der Waals surface area contributed by atoms with Gasteiger partial charge in [-0.3, -0.25) is 14.7 Å². The maximum absolute atomic E-state index is 10.6. The number of rotatable bonds is 3. The highest BCUT2D eigenvalue weighted by atomic mass is 32.1. The molecule has 1 aromatic carbocycles. The normalized spacial score (nSPS) is 10.3. The lowest BCUT2D eigenvalue weighted by atomic mass is 10.3. The minimum atomic E-state index is -0.495. The molecular formula is C10H7N3O3S. The van der Waals surface area contributed by atoms with E-state index in [9.17, 15) is 10.1 Å². The third-order valence-electron chi connectivity index (χ3n) is 2.31. The van der Waals surface area contributed by atoms with Crippen LogP contribution in [0, 0.1) is 26.3 Å². The third-order valence-corrected chi connectivity index (χ3v) is 2.61. The molecule has 0 fully saturated rings. The molecule has 0 aliphatic rings. The molecule has 0 radical (unpaired) electrons. The lowest BCUT2D eigenvalue weighted by Gasteiger charge is -1.97. The first-order valence-corrected chi connectivity index (χ1v) is 5.19. The molecule has 0 spiro atoms. The number of hydrogen-bond donors (Lipinski definition) is 0. The number of nitrogens with zero attached hydrogens (tertiary/aromatic N) is 3. The third kappa shape index (κ3) is 2.03. The van der Waals surface area contributed by atoms with Crippen molar-refractivity contribution in [2.75, 3.05) is 0 Å². The summed E-state index contributed by atoms with van der Waals surface area (Å²) in [7, 11) is 0. The van der Waals surface area contributed by atoms with Gasteiger partial charge in [-0.25, -0.2) is 0 Å². The van der Waals surface area contributed by atoms with Gasteiger partial charge in [-0.05, 0) is 18.3 Å². The van der Waals surface area contributed by atoms with Gasteiger partial charge in [0.25, 0.3) is 10.5 Å². The summed E-state index contributed by atoms with van der Waals surface area (Å²) in [6, 6.07) is 6.30. The van der Waals surface area contributed by atoms with E-state index < -0.39 is 4.92 Å². The standard InChI is InChI=1S/C10H7N3O3S/c11-4-1-5-12-8-3-2-7(13(14)15)6-9(8)16-10(12)17/h2-3,6H,1,5H2. The topological polar surface area (TPSA) is 85.0 Å². The van der Waals surface area contributed by atoms with Crippen molar-refractivity contribution in [2.24, 2.45) is 0 Å². The van der Waals surface area contributed by atoms with E-state index in [1.54, 1.807) is 10.6 Å². The van der Waals surface area contributed by atoms with Crippen LogP contribution < -0.4 is 0 Å². The first-order valence-electron chi connectivity index (χ1n) is 4.78. The molecule has 0 unspecified atom stereocenters. The van der Waals surface area contributed by atoms with Gasteiger partial charge >= 0.3 is 0 Å². The summed E-state index contributed by atoms with van der Waals surface area (Å²) in [5.41, 5.74) is 0.978. The minimum absolute atomic E-state index is 0.0475. The van der Waals surface area contributed by atoms with Gasteiger partial charge in [-0.15, -0.1) is 0 Å². The first kappa shape index (κ1) is 11.3. The molecule has 6 nitrogen and oxygen atoms in total. The van der Waals surface area contributed by atoms with Crippen LogP contribution in [0.1, 0.15) is 6.42 Å². The average Bonchev–Trinajstić information content (AvgIpc) is 2.61. The van der Waals surface area contributed by atoms with Gasteiger partial charge in [0.05, 0.1) is 29.0 Å². The highest BCUT2D eigenvalue weighted by Gasteiger charge is 2.12. The summed E-state index contributed by atoms with van der Waals surface area (Å²) in [6.07, 6.45) is 0.305. The van der Waals surface area contributed by atoms with E-state index in [1.165, 1.54) is 12.1 Å². The highest BCUT2D eigenvalue weighted by molar-refractivity contribution is 7.71. The maximum Gasteiger partial charge on any atom is 0.273 e. The molecular weight excluding hydrogens is 242 g/mol. The average molecular weight is 249 g/mol. The number of aryl methyl sites for hydroxylation is 1. The number of benzene rings is 1. The Morgan fingerprint density at radius 3 is 3.00 bits per heavy atom. The molecule has 2 rings (SSSR count). The Hall–Kier alpha value is -2.20. The number of nitro benzene ring substituents is 1. The summed E-state index contributed by atoms with van der Waals surface area (Å²) in [5, 5.41) is 19.1. The second-order valence-corrected chi connectivity index (χ2v) is 3.69. The summed E-state index contributed by atoms with van der Waals surface area (Å²) in [5.74, 6) is 0. The zero-order valence-electron chi connectivity index (χ0n) is 8.62. The Morgan fingerprint density at radius 2 is 2.35 bits per heavy atom. The number of nitriles is 1. The van der Waals surface area contributed by atoms with E-state index in [0.717, 1.165) is 0 Å². The van der Waals surface area contributed by atoms with Crippen LogP contribution in [0.15, 0.2) is 22.6 Å². The molecule has 17 heavy (non-hydrogen) atoms. The number of non-ortho nitro benzene ring substituents is 1. The Bertz CT molecular complexity index is 680. The molecule has 1 aromatic heterocycles. The largest absolute Gasteiger partial charge is 0.429 e. The van der Waals surface area contributed by atoms with Crippen LogP contribution in [-0.4, -0.2) is 9.49 Å². The smallest absolute Gasteiger partial charge is 0.273 e. The molecule has 1 heterocycles.